The van der Waals surface area contributed by atoms with Crippen LogP contribution < -0.4 is 4.90 Å². The standard InChI is InChI=1S/C14H16FN3O3S/c15-11(9-2-1-3-9)12(19)17-4-6-18(7-5-17)14-16-10(8-22-14)13(20)21/h8H,1-7H2,(H,20,21). The number of aromatic nitrogens is 1. The van der Waals surface area contributed by atoms with E-state index in [9.17, 15) is 14.0 Å². The number of amides is 1. The van der Waals surface area contributed by atoms with E-state index in [1.807, 2.05) is 4.90 Å². The number of hydrogen-bond donors (Lipinski definition) is 1. The van der Waals surface area contributed by atoms with Crippen molar-refractivity contribution in [2.75, 3.05) is 31.1 Å². The van der Waals surface area contributed by atoms with Crippen LogP contribution in [-0.2, 0) is 4.79 Å². The largest absolute Gasteiger partial charge is 0.476 e. The van der Waals surface area contributed by atoms with Crippen molar-refractivity contribution < 1.29 is 19.1 Å². The minimum Gasteiger partial charge on any atom is -0.476 e. The first-order valence-electron chi connectivity index (χ1n) is 7.17. The smallest absolute Gasteiger partial charge is 0.355 e. The van der Waals surface area contributed by atoms with Gasteiger partial charge in [0.05, 0.1) is 0 Å². The summed E-state index contributed by atoms with van der Waals surface area (Å²) in [6.45, 7) is 1.89. The van der Waals surface area contributed by atoms with Gasteiger partial charge >= 0.3 is 5.97 Å². The molecule has 3 rings (SSSR count). The SMILES string of the molecule is O=C(O)c1csc(N2CCN(C(=O)C(F)=C3CCC3)CC2)n1. The molecule has 6 nitrogen and oxygen atoms in total. The van der Waals surface area contributed by atoms with Gasteiger partial charge in [-0.2, -0.15) is 0 Å². The third kappa shape index (κ3) is 2.83. The van der Waals surface area contributed by atoms with E-state index >= 15 is 0 Å². The number of allylic oxidation sites excluding steroid dienone is 1. The zero-order valence-electron chi connectivity index (χ0n) is 11.9. The van der Waals surface area contributed by atoms with Crippen molar-refractivity contribution in [1.29, 1.82) is 0 Å². The lowest BCUT2D eigenvalue weighted by atomic mass is 9.91. The Morgan fingerprint density at radius 1 is 1.23 bits per heavy atom. The number of rotatable bonds is 3. The molecule has 1 aliphatic carbocycles. The second kappa shape index (κ2) is 6.04. The molecule has 0 spiro atoms. The molecule has 1 N–H and O–H groups in total. The number of carboxylic acid groups (broad SMARTS) is 1. The molecule has 0 unspecified atom stereocenters. The van der Waals surface area contributed by atoms with Gasteiger partial charge < -0.3 is 14.9 Å². The van der Waals surface area contributed by atoms with Gasteiger partial charge in [-0.1, -0.05) is 0 Å². The van der Waals surface area contributed by atoms with E-state index in [-0.39, 0.29) is 5.69 Å². The quantitative estimate of drug-likeness (QED) is 0.859. The van der Waals surface area contributed by atoms with Crippen LogP contribution in [0.25, 0.3) is 0 Å². The molecule has 1 saturated heterocycles. The summed E-state index contributed by atoms with van der Waals surface area (Å²) in [6, 6.07) is 0. The Labute approximate surface area is 130 Å². The summed E-state index contributed by atoms with van der Waals surface area (Å²) in [6.07, 6.45) is 2.34. The fourth-order valence-corrected chi connectivity index (χ4v) is 3.32. The number of carbonyl (C=O) groups is 2. The molecule has 0 bridgehead atoms. The number of thiazole rings is 1. The first-order valence-corrected chi connectivity index (χ1v) is 8.05. The number of nitrogens with zero attached hydrogens (tertiary/aromatic N) is 3. The van der Waals surface area contributed by atoms with E-state index in [2.05, 4.69) is 4.98 Å². The average Bonchev–Trinajstić information content (AvgIpc) is 2.95. The Hall–Kier alpha value is -1.96. The predicted molar refractivity (Wildman–Crippen MR) is 79.9 cm³/mol. The molecule has 2 heterocycles. The maximum Gasteiger partial charge on any atom is 0.355 e. The second-order valence-electron chi connectivity index (χ2n) is 5.37. The predicted octanol–water partition coefficient (Wildman–Crippen LogP) is 1.90. The van der Waals surface area contributed by atoms with Crippen molar-refractivity contribution in [3.8, 4) is 0 Å². The van der Waals surface area contributed by atoms with E-state index < -0.39 is 17.7 Å². The summed E-state index contributed by atoms with van der Waals surface area (Å²) in [5.74, 6) is -2.15. The van der Waals surface area contributed by atoms with E-state index in [1.165, 1.54) is 21.6 Å². The van der Waals surface area contributed by atoms with E-state index in [0.717, 1.165) is 6.42 Å². The summed E-state index contributed by atoms with van der Waals surface area (Å²) >= 11 is 1.27. The lowest BCUT2D eigenvalue weighted by Gasteiger charge is -2.34. The summed E-state index contributed by atoms with van der Waals surface area (Å²) < 4.78 is 13.9. The van der Waals surface area contributed by atoms with Crippen LogP contribution in [0.4, 0.5) is 9.52 Å². The summed E-state index contributed by atoms with van der Waals surface area (Å²) in [5.41, 5.74) is 0.665. The van der Waals surface area contributed by atoms with Crippen molar-refractivity contribution in [3.05, 3.63) is 22.5 Å². The van der Waals surface area contributed by atoms with Gasteiger partial charge in [0.15, 0.2) is 16.7 Å². The van der Waals surface area contributed by atoms with E-state index in [0.29, 0.717) is 49.7 Å². The molecule has 0 atom stereocenters. The number of carbonyl (C=O) groups excluding carboxylic acids is 1. The van der Waals surface area contributed by atoms with Crippen molar-refractivity contribution in [2.24, 2.45) is 0 Å². The van der Waals surface area contributed by atoms with Gasteiger partial charge in [0.2, 0.25) is 0 Å². The van der Waals surface area contributed by atoms with Gasteiger partial charge in [0.1, 0.15) is 0 Å². The summed E-state index contributed by atoms with van der Waals surface area (Å²) in [7, 11) is 0. The lowest BCUT2D eigenvalue weighted by Crippen LogP contribution is -2.49. The zero-order valence-corrected chi connectivity index (χ0v) is 12.7. The topological polar surface area (TPSA) is 73.7 Å². The first-order chi connectivity index (χ1) is 10.6. The van der Waals surface area contributed by atoms with Crippen LogP contribution in [-0.4, -0.2) is 53.0 Å². The second-order valence-corrected chi connectivity index (χ2v) is 6.21. The molecular formula is C14H16FN3O3S. The average molecular weight is 325 g/mol. The van der Waals surface area contributed by atoms with Crippen LogP contribution in [0.1, 0.15) is 29.8 Å². The van der Waals surface area contributed by atoms with Crippen molar-refractivity contribution in [1.82, 2.24) is 9.88 Å². The number of piperazine rings is 1. The summed E-state index contributed by atoms with van der Waals surface area (Å²) in [4.78, 5) is 30.4. The highest BCUT2D eigenvalue weighted by atomic mass is 32.1. The highest BCUT2D eigenvalue weighted by molar-refractivity contribution is 7.13. The Morgan fingerprint density at radius 2 is 1.91 bits per heavy atom. The van der Waals surface area contributed by atoms with Gasteiger partial charge in [-0.25, -0.2) is 14.2 Å². The minimum absolute atomic E-state index is 0.0271. The molecule has 8 heteroatoms. The fraction of sp³-hybridized carbons (Fsp3) is 0.500. The minimum atomic E-state index is -1.05. The molecule has 1 amide bonds. The molecule has 0 radical (unpaired) electrons. The Balaban J connectivity index is 1.60. The van der Waals surface area contributed by atoms with Crippen LogP contribution in [0.2, 0.25) is 0 Å². The Morgan fingerprint density at radius 3 is 2.41 bits per heavy atom. The molecular weight excluding hydrogens is 309 g/mol. The van der Waals surface area contributed by atoms with Crippen LogP contribution in [0, 0.1) is 0 Å². The van der Waals surface area contributed by atoms with Crippen LogP contribution >= 0.6 is 11.3 Å². The van der Waals surface area contributed by atoms with Crippen LogP contribution in [0.5, 0.6) is 0 Å². The maximum absolute atomic E-state index is 13.9. The molecule has 0 aromatic carbocycles. The van der Waals surface area contributed by atoms with Gasteiger partial charge in [-0.15, -0.1) is 11.3 Å². The van der Waals surface area contributed by atoms with E-state index in [1.54, 1.807) is 0 Å². The van der Waals surface area contributed by atoms with Crippen molar-refractivity contribution >= 4 is 28.3 Å². The van der Waals surface area contributed by atoms with Crippen LogP contribution in [0.15, 0.2) is 16.8 Å². The monoisotopic (exact) mass is 325 g/mol. The number of hydrogen-bond acceptors (Lipinski definition) is 5. The molecule has 1 aromatic rings. The van der Waals surface area contributed by atoms with Gasteiger partial charge in [-0.05, 0) is 24.8 Å². The number of halogens is 1. The Kier molecular flexibility index (Phi) is 4.10. The van der Waals surface area contributed by atoms with Crippen LogP contribution in [0.3, 0.4) is 0 Å². The molecule has 1 aliphatic heterocycles. The first kappa shape index (κ1) is 15.0. The highest BCUT2D eigenvalue weighted by Crippen LogP contribution is 2.30. The lowest BCUT2D eigenvalue weighted by molar-refractivity contribution is -0.129. The fourth-order valence-electron chi connectivity index (χ4n) is 2.47. The normalized spacial score (nSPS) is 18.1. The highest BCUT2D eigenvalue weighted by Gasteiger charge is 2.28. The molecule has 22 heavy (non-hydrogen) atoms. The van der Waals surface area contributed by atoms with E-state index in [4.69, 9.17) is 5.11 Å². The Bertz CT molecular complexity index is 629. The molecule has 2 fully saturated rings. The molecule has 1 aromatic heterocycles. The summed E-state index contributed by atoms with van der Waals surface area (Å²) in [5, 5.41) is 11.0. The van der Waals surface area contributed by atoms with Gasteiger partial charge in [-0.3, -0.25) is 4.79 Å². The maximum atomic E-state index is 13.9. The van der Waals surface area contributed by atoms with Gasteiger partial charge in [0, 0.05) is 31.6 Å². The number of carboxylic acids is 1. The molecule has 118 valence electrons. The van der Waals surface area contributed by atoms with Gasteiger partial charge in [0.25, 0.3) is 5.91 Å². The zero-order chi connectivity index (χ0) is 15.7. The number of anilines is 1. The molecule has 2 aliphatic rings. The third-order valence-corrected chi connectivity index (χ3v) is 4.91. The molecule has 1 saturated carbocycles. The van der Waals surface area contributed by atoms with Crippen molar-refractivity contribution in [2.45, 2.75) is 19.3 Å². The third-order valence-electron chi connectivity index (χ3n) is 4.00. The number of aromatic carboxylic acids is 1. The van der Waals surface area contributed by atoms with Crippen molar-refractivity contribution in [3.63, 3.8) is 0 Å².